The number of benzene rings is 2. The Morgan fingerprint density at radius 2 is 1.63 bits per heavy atom. The van der Waals surface area contributed by atoms with Crippen LogP contribution < -0.4 is 4.74 Å². The fourth-order valence-electron chi connectivity index (χ4n) is 1.75. The number of carbonyl (C=O) groups is 1. The van der Waals surface area contributed by atoms with E-state index in [9.17, 15) is 4.79 Å². The minimum absolute atomic E-state index is 0.293. The summed E-state index contributed by atoms with van der Waals surface area (Å²) in [6, 6.07) is 16.5. The number of methoxy groups -OCH3 is 1. The van der Waals surface area contributed by atoms with Gasteiger partial charge in [-0.2, -0.15) is 0 Å². The maximum Gasteiger partial charge on any atom is 0.338 e. The average molecular weight is 256 g/mol. The summed E-state index contributed by atoms with van der Waals surface area (Å²) in [4.78, 5) is 11.9. The highest BCUT2D eigenvalue weighted by atomic mass is 16.5. The smallest absolute Gasteiger partial charge is 0.338 e. The van der Waals surface area contributed by atoms with Gasteiger partial charge in [0.05, 0.1) is 12.7 Å². The third-order valence-corrected chi connectivity index (χ3v) is 2.88. The highest BCUT2D eigenvalue weighted by Gasteiger charge is 2.13. The molecular weight excluding hydrogens is 240 g/mol. The maximum absolute atomic E-state index is 11.9. The molecular formula is C16H16O3. The standard InChI is InChI=1S/C16H16O3/c1-12(13-8-10-15(18-2)11-9-13)19-16(17)14-6-4-3-5-7-14/h3-12H,1-2H3. The second kappa shape index (κ2) is 6.05. The minimum atomic E-state index is -0.316. The monoisotopic (exact) mass is 256 g/mol. The van der Waals surface area contributed by atoms with E-state index >= 15 is 0 Å². The number of rotatable bonds is 4. The molecule has 0 fully saturated rings. The van der Waals surface area contributed by atoms with Crippen LogP contribution in [-0.2, 0) is 4.74 Å². The molecule has 0 bridgehead atoms. The summed E-state index contributed by atoms with van der Waals surface area (Å²) in [5.74, 6) is 0.467. The van der Waals surface area contributed by atoms with Gasteiger partial charge in [0.1, 0.15) is 11.9 Å². The summed E-state index contributed by atoms with van der Waals surface area (Å²) in [5.41, 5.74) is 1.49. The Labute approximate surface area is 112 Å². The molecule has 0 spiro atoms. The van der Waals surface area contributed by atoms with E-state index in [1.54, 1.807) is 19.2 Å². The second-order valence-corrected chi connectivity index (χ2v) is 4.19. The fraction of sp³-hybridized carbons (Fsp3) is 0.188. The van der Waals surface area contributed by atoms with E-state index in [1.807, 2.05) is 49.4 Å². The van der Waals surface area contributed by atoms with Crippen LogP contribution in [0.2, 0.25) is 0 Å². The van der Waals surface area contributed by atoms with E-state index in [0.29, 0.717) is 5.56 Å². The molecule has 0 aliphatic rings. The van der Waals surface area contributed by atoms with Crippen LogP contribution in [0.1, 0.15) is 28.9 Å². The number of carbonyl (C=O) groups excluding carboxylic acids is 1. The predicted octanol–water partition coefficient (Wildman–Crippen LogP) is 3.61. The fourth-order valence-corrected chi connectivity index (χ4v) is 1.75. The molecule has 0 aliphatic heterocycles. The van der Waals surface area contributed by atoms with E-state index in [-0.39, 0.29) is 12.1 Å². The molecule has 1 unspecified atom stereocenters. The third kappa shape index (κ3) is 3.35. The van der Waals surface area contributed by atoms with Crippen LogP contribution >= 0.6 is 0 Å². The lowest BCUT2D eigenvalue weighted by Crippen LogP contribution is -2.09. The molecule has 0 radical (unpaired) electrons. The molecule has 0 aromatic heterocycles. The lowest BCUT2D eigenvalue weighted by atomic mass is 10.1. The normalized spacial score (nSPS) is 11.7. The topological polar surface area (TPSA) is 35.5 Å². The van der Waals surface area contributed by atoms with Crippen molar-refractivity contribution in [1.29, 1.82) is 0 Å². The zero-order valence-electron chi connectivity index (χ0n) is 11.0. The summed E-state index contributed by atoms with van der Waals surface area (Å²) in [6.07, 6.45) is -0.293. The van der Waals surface area contributed by atoms with Crippen LogP contribution in [0.3, 0.4) is 0 Å². The van der Waals surface area contributed by atoms with Crippen molar-refractivity contribution in [3.05, 3.63) is 65.7 Å². The number of esters is 1. The maximum atomic E-state index is 11.9. The highest BCUT2D eigenvalue weighted by molar-refractivity contribution is 5.89. The van der Waals surface area contributed by atoms with Gasteiger partial charge in [-0.05, 0) is 36.8 Å². The lowest BCUT2D eigenvalue weighted by molar-refractivity contribution is 0.0338. The van der Waals surface area contributed by atoms with Crippen LogP contribution in [-0.4, -0.2) is 13.1 Å². The first-order valence-corrected chi connectivity index (χ1v) is 6.10. The van der Waals surface area contributed by atoms with Gasteiger partial charge in [0.25, 0.3) is 0 Å². The molecule has 0 saturated heterocycles. The van der Waals surface area contributed by atoms with Gasteiger partial charge in [-0.3, -0.25) is 0 Å². The summed E-state index contributed by atoms with van der Waals surface area (Å²) in [7, 11) is 1.62. The first-order chi connectivity index (χ1) is 9.20. The van der Waals surface area contributed by atoms with Gasteiger partial charge in [-0.15, -0.1) is 0 Å². The van der Waals surface area contributed by atoms with Crippen LogP contribution in [0, 0.1) is 0 Å². The lowest BCUT2D eigenvalue weighted by Gasteiger charge is -2.14. The van der Waals surface area contributed by atoms with Gasteiger partial charge in [0.15, 0.2) is 0 Å². The van der Waals surface area contributed by atoms with Crippen molar-refractivity contribution >= 4 is 5.97 Å². The summed E-state index contributed by atoms with van der Waals surface area (Å²) < 4.78 is 10.5. The molecule has 0 aliphatic carbocycles. The molecule has 0 saturated carbocycles. The van der Waals surface area contributed by atoms with E-state index in [0.717, 1.165) is 11.3 Å². The van der Waals surface area contributed by atoms with E-state index in [2.05, 4.69) is 0 Å². The zero-order chi connectivity index (χ0) is 13.7. The SMILES string of the molecule is COc1ccc(C(C)OC(=O)c2ccccc2)cc1. The van der Waals surface area contributed by atoms with Crippen molar-refractivity contribution in [3.63, 3.8) is 0 Å². The number of hydrogen-bond donors (Lipinski definition) is 0. The molecule has 2 aromatic carbocycles. The van der Waals surface area contributed by atoms with E-state index < -0.39 is 0 Å². The van der Waals surface area contributed by atoms with E-state index in [1.165, 1.54) is 0 Å². The van der Waals surface area contributed by atoms with Crippen molar-refractivity contribution in [2.75, 3.05) is 7.11 Å². The van der Waals surface area contributed by atoms with Crippen molar-refractivity contribution in [2.24, 2.45) is 0 Å². The Balaban J connectivity index is 2.04. The second-order valence-electron chi connectivity index (χ2n) is 4.19. The molecule has 2 rings (SSSR count). The summed E-state index contributed by atoms with van der Waals surface area (Å²) in [6.45, 7) is 1.85. The van der Waals surface area contributed by atoms with Crippen molar-refractivity contribution in [3.8, 4) is 5.75 Å². The molecule has 0 heterocycles. The molecule has 1 atom stereocenters. The summed E-state index contributed by atoms with van der Waals surface area (Å²) >= 11 is 0. The Kier molecular flexibility index (Phi) is 4.18. The Morgan fingerprint density at radius 1 is 1.00 bits per heavy atom. The van der Waals surface area contributed by atoms with Gasteiger partial charge < -0.3 is 9.47 Å². The highest BCUT2D eigenvalue weighted by Crippen LogP contribution is 2.21. The van der Waals surface area contributed by atoms with Crippen molar-refractivity contribution in [2.45, 2.75) is 13.0 Å². The number of hydrogen-bond acceptors (Lipinski definition) is 3. The predicted molar refractivity (Wildman–Crippen MR) is 73.3 cm³/mol. The minimum Gasteiger partial charge on any atom is -0.497 e. The third-order valence-electron chi connectivity index (χ3n) is 2.88. The van der Waals surface area contributed by atoms with Gasteiger partial charge in [0, 0.05) is 0 Å². The van der Waals surface area contributed by atoms with Crippen LogP contribution in [0.15, 0.2) is 54.6 Å². The van der Waals surface area contributed by atoms with Gasteiger partial charge >= 0.3 is 5.97 Å². The zero-order valence-corrected chi connectivity index (χ0v) is 11.0. The van der Waals surface area contributed by atoms with Crippen LogP contribution in [0.4, 0.5) is 0 Å². The van der Waals surface area contributed by atoms with Crippen molar-refractivity contribution in [1.82, 2.24) is 0 Å². The Hall–Kier alpha value is -2.29. The Morgan fingerprint density at radius 3 is 2.21 bits per heavy atom. The molecule has 0 amide bonds. The largest absolute Gasteiger partial charge is 0.497 e. The van der Waals surface area contributed by atoms with Crippen LogP contribution in [0.5, 0.6) is 5.75 Å². The van der Waals surface area contributed by atoms with Gasteiger partial charge in [-0.1, -0.05) is 30.3 Å². The Bertz CT molecular complexity index is 532. The molecule has 3 nitrogen and oxygen atoms in total. The molecule has 2 aromatic rings. The van der Waals surface area contributed by atoms with Gasteiger partial charge in [-0.25, -0.2) is 4.79 Å². The first-order valence-electron chi connectivity index (χ1n) is 6.10. The number of ether oxygens (including phenoxy) is 2. The molecule has 3 heteroatoms. The van der Waals surface area contributed by atoms with Gasteiger partial charge in [0.2, 0.25) is 0 Å². The molecule has 0 N–H and O–H groups in total. The van der Waals surface area contributed by atoms with E-state index in [4.69, 9.17) is 9.47 Å². The quantitative estimate of drug-likeness (QED) is 0.784. The molecule has 98 valence electrons. The average Bonchev–Trinajstić information content (AvgIpc) is 2.48. The van der Waals surface area contributed by atoms with Crippen LogP contribution in [0.25, 0.3) is 0 Å². The summed E-state index contributed by atoms with van der Waals surface area (Å²) in [5, 5.41) is 0. The molecule has 19 heavy (non-hydrogen) atoms. The van der Waals surface area contributed by atoms with Crippen molar-refractivity contribution < 1.29 is 14.3 Å². The first kappa shape index (κ1) is 13.1.